The van der Waals surface area contributed by atoms with E-state index >= 15 is 0 Å². The highest BCUT2D eigenvalue weighted by molar-refractivity contribution is 7.89. The van der Waals surface area contributed by atoms with Gasteiger partial charge in [0.1, 0.15) is 10.7 Å². The molecule has 0 amide bonds. The van der Waals surface area contributed by atoms with E-state index in [4.69, 9.17) is 4.74 Å². The Labute approximate surface area is 132 Å². The van der Waals surface area contributed by atoms with Crippen molar-refractivity contribution in [2.24, 2.45) is 0 Å². The Morgan fingerprint density at radius 2 is 1.77 bits per heavy atom. The molecule has 0 unspecified atom stereocenters. The van der Waals surface area contributed by atoms with E-state index in [9.17, 15) is 8.42 Å². The van der Waals surface area contributed by atoms with Crippen molar-refractivity contribution >= 4 is 15.8 Å². The molecule has 2 saturated heterocycles. The lowest BCUT2D eigenvalue weighted by atomic mass is 10.2. The molecular formula is C15H23N3O3S. The first kappa shape index (κ1) is 15.7. The fourth-order valence-corrected chi connectivity index (χ4v) is 4.62. The van der Waals surface area contributed by atoms with Crippen LogP contribution in [0.3, 0.4) is 0 Å². The van der Waals surface area contributed by atoms with Crippen molar-refractivity contribution in [3.63, 3.8) is 0 Å². The molecule has 7 heteroatoms. The smallest absolute Gasteiger partial charge is 0.244 e. The minimum atomic E-state index is -3.38. The van der Waals surface area contributed by atoms with Crippen LogP contribution in [0, 0.1) is 0 Å². The molecule has 0 N–H and O–H groups in total. The Morgan fingerprint density at radius 1 is 1.14 bits per heavy atom. The van der Waals surface area contributed by atoms with Crippen LogP contribution in [0.4, 0.5) is 5.82 Å². The van der Waals surface area contributed by atoms with Gasteiger partial charge in [0, 0.05) is 32.4 Å². The first-order chi connectivity index (χ1) is 10.5. The van der Waals surface area contributed by atoms with Gasteiger partial charge in [0.15, 0.2) is 0 Å². The molecule has 2 aliphatic heterocycles. The summed E-state index contributed by atoms with van der Waals surface area (Å²) >= 11 is 0. The van der Waals surface area contributed by atoms with Gasteiger partial charge in [-0.15, -0.1) is 0 Å². The largest absolute Gasteiger partial charge is 0.372 e. The quantitative estimate of drug-likeness (QED) is 0.842. The Morgan fingerprint density at radius 3 is 2.32 bits per heavy atom. The van der Waals surface area contributed by atoms with E-state index in [1.165, 1.54) is 6.20 Å². The maximum Gasteiger partial charge on any atom is 0.244 e. The molecule has 1 aromatic rings. The predicted molar refractivity (Wildman–Crippen MR) is 84.5 cm³/mol. The van der Waals surface area contributed by atoms with E-state index in [0.717, 1.165) is 31.7 Å². The zero-order valence-corrected chi connectivity index (χ0v) is 13.9. The summed E-state index contributed by atoms with van der Waals surface area (Å²) in [5.74, 6) is 0.808. The summed E-state index contributed by atoms with van der Waals surface area (Å²) in [5, 5.41) is 0. The van der Waals surface area contributed by atoms with Crippen molar-refractivity contribution < 1.29 is 13.2 Å². The maximum atomic E-state index is 12.5. The second kappa shape index (κ2) is 6.14. The highest BCUT2D eigenvalue weighted by atomic mass is 32.2. The van der Waals surface area contributed by atoms with Crippen LogP contribution in [0.1, 0.15) is 26.7 Å². The minimum absolute atomic E-state index is 0.151. The van der Waals surface area contributed by atoms with Crippen molar-refractivity contribution in [1.82, 2.24) is 9.29 Å². The van der Waals surface area contributed by atoms with Crippen LogP contribution in [0.5, 0.6) is 0 Å². The third kappa shape index (κ3) is 3.11. The van der Waals surface area contributed by atoms with Gasteiger partial charge in [-0.1, -0.05) is 0 Å². The van der Waals surface area contributed by atoms with Gasteiger partial charge in [-0.2, -0.15) is 4.31 Å². The zero-order valence-electron chi connectivity index (χ0n) is 13.1. The molecule has 2 aliphatic rings. The summed E-state index contributed by atoms with van der Waals surface area (Å²) in [5.41, 5.74) is 0. The van der Waals surface area contributed by atoms with Crippen LogP contribution in [0.25, 0.3) is 0 Å². The molecule has 0 saturated carbocycles. The molecule has 6 nitrogen and oxygen atoms in total. The van der Waals surface area contributed by atoms with E-state index in [2.05, 4.69) is 9.88 Å². The second-order valence-electron chi connectivity index (χ2n) is 6.13. The number of ether oxygens (including phenoxy) is 1. The van der Waals surface area contributed by atoms with E-state index in [0.29, 0.717) is 13.1 Å². The summed E-state index contributed by atoms with van der Waals surface area (Å²) in [6, 6.07) is 3.47. The highest BCUT2D eigenvalue weighted by Crippen LogP contribution is 2.23. The van der Waals surface area contributed by atoms with Gasteiger partial charge < -0.3 is 9.64 Å². The number of nitrogens with zero attached hydrogens (tertiary/aromatic N) is 3. The van der Waals surface area contributed by atoms with Gasteiger partial charge in [-0.25, -0.2) is 13.4 Å². The standard InChI is InChI=1S/C15H23N3O3S/c1-12-10-17(11-13(2)21-12)15-6-5-14(9-16-15)22(19,20)18-7-3-4-8-18/h5-6,9,12-13H,3-4,7-8,10-11H2,1-2H3/t12-,13-/m1/s1. The zero-order chi connectivity index (χ0) is 15.7. The minimum Gasteiger partial charge on any atom is -0.372 e. The maximum absolute atomic E-state index is 12.5. The molecule has 0 aliphatic carbocycles. The third-order valence-corrected chi connectivity index (χ3v) is 6.05. The number of hydrogen-bond donors (Lipinski definition) is 0. The number of hydrogen-bond acceptors (Lipinski definition) is 5. The molecule has 0 spiro atoms. The summed E-state index contributed by atoms with van der Waals surface area (Å²) in [6.07, 6.45) is 3.66. The Balaban J connectivity index is 1.78. The summed E-state index contributed by atoms with van der Waals surface area (Å²) in [7, 11) is -3.38. The average Bonchev–Trinajstić information content (AvgIpc) is 3.01. The molecular weight excluding hydrogens is 302 g/mol. The number of aromatic nitrogens is 1. The van der Waals surface area contributed by atoms with Gasteiger partial charge in [-0.3, -0.25) is 0 Å². The van der Waals surface area contributed by atoms with Crippen LogP contribution >= 0.6 is 0 Å². The predicted octanol–water partition coefficient (Wildman–Crippen LogP) is 1.48. The van der Waals surface area contributed by atoms with Crippen LogP contribution in [-0.2, 0) is 14.8 Å². The van der Waals surface area contributed by atoms with Gasteiger partial charge >= 0.3 is 0 Å². The Kier molecular flexibility index (Phi) is 4.38. The summed E-state index contributed by atoms with van der Waals surface area (Å²) in [4.78, 5) is 6.80. The number of anilines is 1. The summed E-state index contributed by atoms with van der Waals surface area (Å²) in [6.45, 7) is 6.85. The lowest BCUT2D eigenvalue weighted by molar-refractivity contribution is -0.00546. The molecule has 3 rings (SSSR count). The fraction of sp³-hybridized carbons (Fsp3) is 0.667. The van der Waals surface area contributed by atoms with Crippen molar-refractivity contribution in [2.45, 2.75) is 43.8 Å². The van der Waals surface area contributed by atoms with Gasteiger partial charge in [0.25, 0.3) is 0 Å². The first-order valence-electron chi connectivity index (χ1n) is 7.83. The molecule has 2 atom stereocenters. The molecule has 1 aromatic heterocycles. The van der Waals surface area contributed by atoms with Crippen molar-refractivity contribution in [1.29, 1.82) is 0 Å². The van der Waals surface area contributed by atoms with Crippen molar-refractivity contribution in [2.75, 3.05) is 31.1 Å². The van der Waals surface area contributed by atoms with Gasteiger partial charge in [-0.05, 0) is 38.8 Å². The van der Waals surface area contributed by atoms with E-state index < -0.39 is 10.0 Å². The molecule has 22 heavy (non-hydrogen) atoms. The molecule has 2 fully saturated rings. The van der Waals surface area contributed by atoms with E-state index in [-0.39, 0.29) is 17.1 Å². The topological polar surface area (TPSA) is 62.7 Å². The van der Waals surface area contributed by atoms with Gasteiger partial charge in [0.2, 0.25) is 10.0 Å². The number of sulfonamides is 1. The Bertz CT molecular complexity index is 601. The number of rotatable bonds is 3. The third-order valence-electron chi connectivity index (χ3n) is 4.17. The van der Waals surface area contributed by atoms with E-state index in [1.54, 1.807) is 16.4 Å². The lowest BCUT2D eigenvalue weighted by Crippen LogP contribution is -2.45. The van der Waals surface area contributed by atoms with Gasteiger partial charge in [0.05, 0.1) is 12.2 Å². The fourth-order valence-electron chi connectivity index (χ4n) is 3.15. The molecule has 0 aromatic carbocycles. The first-order valence-corrected chi connectivity index (χ1v) is 9.27. The highest BCUT2D eigenvalue weighted by Gasteiger charge is 2.28. The normalized spacial score (nSPS) is 27.3. The van der Waals surface area contributed by atoms with Crippen LogP contribution in [-0.4, -0.2) is 56.1 Å². The summed E-state index contributed by atoms with van der Waals surface area (Å²) < 4.78 is 32.2. The van der Waals surface area contributed by atoms with E-state index in [1.807, 2.05) is 13.8 Å². The van der Waals surface area contributed by atoms with Crippen LogP contribution in [0.15, 0.2) is 23.2 Å². The number of pyridine rings is 1. The van der Waals surface area contributed by atoms with Crippen molar-refractivity contribution in [3.05, 3.63) is 18.3 Å². The average molecular weight is 325 g/mol. The number of morpholine rings is 1. The van der Waals surface area contributed by atoms with Crippen LogP contribution in [0.2, 0.25) is 0 Å². The van der Waals surface area contributed by atoms with Crippen LogP contribution < -0.4 is 4.90 Å². The van der Waals surface area contributed by atoms with Crippen molar-refractivity contribution in [3.8, 4) is 0 Å². The molecule has 122 valence electrons. The molecule has 0 radical (unpaired) electrons. The Hall–Kier alpha value is -1.18. The second-order valence-corrected chi connectivity index (χ2v) is 8.06. The molecule has 0 bridgehead atoms. The molecule has 3 heterocycles. The lowest BCUT2D eigenvalue weighted by Gasteiger charge is -2.36. The SMILES string of the molecule is C[C@@H]1CN(c2ccc(S(=O)(=O)N3CCCC3)cn2)C[C@@H](C)O1. The monoisotopic (exact) mass is 325 g/mol.